The third-order valence-corrected chi connectivity index (χ3v) is 3.18. The summed E-state index contributed by atoms with van der Waals surface area (Å²) >= 11 is 0. The van der Waals surface area contributed by atoms with Crippen molar-refractivity contribution < 1.29 is 9.53 Å². The zero-order valence-electron chi connectivity index (χ0n) is 11.9. The number of anilines is 1. The van der Waals surface area contributed by atoms with Gasteiger partial charge in [0.2, 0.25) is 0 Å². The fourth-order valence-electron chi connectivity index (χ4n) is 2.18. The van der Waals surface area contributed by atoms with Gasteiger partial charge in [-0.1, -0.05) is 19.1 Å². The molecule has 20 heavy (non-hydrogen) atoms. The summed E-state index contributed by atoms with van der Waals surface area (Å²) in [5, 5.41) is 3.31. The van der Waals surface area contributed by atoms with Gasteiger partial charge in [-0.25, -0.2) is 4.79 Å². The highest BCUT2D eigenvalue weighted by atomic mass is 16.5. The van der Waals surface area contributed by atoms with Crippen molar-refractivity contribution in [1.29, 1.82) is 0 Å². The van der Waals surface area contributed by atoms with Crippen molar-refractivity contribution in [2.45, 2.75) is 26.4 Å². The molecule has 0 radical (unpaired) electrons. The summed E-state index contributed by atoms with van der Waals surface area (Å²) in [4.78, 5) is 11.7. The number of hydrogen-bond donors (Lipinski definition) is 1. The van der Waals surface area contributed by atoms with Crippen LogP contribution in [-0.2, 0) is 17.8 Å². The molecule has 0 saturated heterocycles. The first kappa shape index (κ1) is 14.2. The first-order chi connectivity index (χ1) is 9.76. The Kier molecular flexibility index (Phi) is 4.82. The molecule has 1 N–H and O–H groups in total. The van der Waals surface area contributed by atoms with Crippen molar-refractivity contribution in [2.75, 3.05) is 12.4 Å². The Labute approximate surface area is 119 Å². The van der Waals surface area contributed by atoms with Crippen LogP contribution in [-0.4, -0.2) is 17.6 Å². The average molecular weight is 272 g/mol. The quantitative estimate of drug-likeness (QED) is 0.820. The lowest BCUT2D eigenvalue weighted by atomic mass is 10.2. The van der Waals surface area contributed by atoms with E-state index in [2.05, 4.69) is 29.1 Å². The van der Waals surface area contributed by atoms with Gasteiger partial charge in [-0.3, -0.25) is 0 Å². The first-order valence-corrected chi connectivity index (χ1v) is 6.81. The molecular formula is C16H20N2O2. The number of nitrogens with one attached hydrogen (secondary N) is 1. The van der Waals surface area contributed by atoms with E-state index in [9.17, 15) is 4.79 Å². The highest BCUT2D eigenvalue weighted by Crippen LogP contribution is 2.17. The molecule has 1 aromatic heterocycles. The predicted octanol–water partition coefficient (Wildman–Crippen LogP) is 3.30. The van der Waals surface area contributed by atoms with E-state index < -0.39 is 0 Å². The van der Waals surface area contributed by atoms with E-state index in [4.69, 9.17) is 4.74 Å². The summed E-state index contributed by atoms with van der Waals surface area (Å²) in [6, 6.07) is 11.5. The molecule has 0 amide bonds. The lowest BCUT2D eigenvalue weighted by Gasteiger charge is -2.12. The van der Waals surface area contributed by atoms with Gasteiger partial charge in [0.1, 0.15) is 0 Å². The van der Waals surface area contributed by atoms with Crippen LogP contribution in [0, 0.1) is 0 Å². The number of carbonyl (C=O) groups excluding carboxylic acids is 1. The van der Waals surface area contributed by atoms with E-state index in [-0.39, 0.29) is 5.97 Å². The van der Waals surface area contributed by atoms with E-state index in [1.807, 2.05) is 24.3 Å². The van der Waals surface area contributed by atoms with Crippen LogP contribution in [0.1, 0.15) is 29.4 Å². The normalized spacial score (nSPS) is 10.3. The maximum atomic E-state index is 11.7. The van der Waals surface area contributed by atoms with Gasteiger partial charge in [-0.2, -0.15) is 0 Å². The van der Waals surface area contributed by atoms with Gasteiger partial charge in [0.25, 0.3) is 0 Å². The number of para-hydroxylation sites is 1. The second-order valence-electron chi connectivity index (χ2n) is 4.58. The number of hydrogen-bond acceptors (Lipinski definition) is 3. The number of nitrogens with zero attached hydrogens (tertiary/aromatic N) is 1. The van der Waals surface area contributed by atoms with Crippen molar-refractivity contribution in [3.8, 4) is 0 Å². The van der Waals surface area contributed by atoms with Crippen molar-refractivity contribution in [2.24, 2.45) is 0 Å². The van der Waals surface area contributed by atoms with E-state index in [0.717, 1.165) is 18.7 Å². The van der Waals surface area contributed by atoms with Crippen molar-refractivity contribution in [3.05, 3.63) is 53.9 Å². The minimum absolute atomic E-state index is 0.322. The van der Waals surface area contributed by atoms with Crippen LogP contribution in [0.25, 0.3) is 0 Å². The highest BCUT2D eigenvalue weighted by molar-refractivity contribution is 5.95. The summed E-state index contributed by atoms with van der Waals surface area (Å²) in [5.74, 6) is -0.322. The molecule has 0 unspecified atom stereocenters. The maximum Gasteiger partial charge on any atom is 0.339 e. The molecule has 0 bridgehead atoms. The second-order valence-corrected chi connectivity index (χ2v) is 4.58. The Morgan fingerprint density at radius 2 is 2.05 bits per heavy atom. The summed E-state index contributed by atoms with van der Waals surface area (Å²) in [6.07, 6.45) is 3.17. The Morgan fingerprint density at radius 1 is 1.25 bits per heavy atom. The van der Waals surface area contributed by atoms with Gasteiger partial charge in [-0.05, 0) is 30.7 Å². The number of aromatic nitrogens is 1. The fourth-order valence-corrected chi connectivity index (χ4v) is 2.18. The molecule has 2 rings (SSSR count). The molecule has 1 heterocycles. The van der Waals surface area contributed by atoms with Gasteiger partial charge in [0, 0.05) is 24.1 Å². The third-order valence-electron chi connectivity index (χ3n) is 3.18. The van der Waals surface area contributed by atoms with Gasteiger partial charge in [0.15, 0.2) is 0 Å². The molecule has 0 aliphatic heterocycles. The molecule has 0 saturated carbocycles. The van der Waals surface area contributed by atoms with Crippen molar-refractivity contribution in [1.82, 2.24) is 4.57 Å². The molecule has 0 atom stereocenters. The number of esters is 1. The molecule has 4 heteroatoms. The lowest BCUT2D eigenvalue weighted by Crippen LogP contribution is -2.10. The number of ether oxygens (including phenoxy) is 1. The van der Waals surface area contributed by atoms with Crippen molar-refractivity contribution in [3.63, 3.8) is 0 Å². The number of methoxy groups -OCH3 is 1. The van der Waals surface area contributed by atoms with Crippen LogP contribution in [0.3, 0.4) is 0 Å². The topological polar surface area (TPSA) is 43.3 Å². The van der Waals surface area contributed by atoms with Gasteiger partial charge in [0.05, 0.1) is 19.2 Å². The maximum absolute atomic E-state index is 11.7. The molecule has 0 spiro atoms. The van der Waals surface area contributed by atoms with E-state index in [1.165, 1.54) is 12.8 Å². The number of rotatable bonds is 6. The first-order valence-electron chi connectivity index (χ1n) is 6.81. The van der Waals surface area contributed by atoms with E-state index in [0.29, 0.717) is 12.1 Å². The van der Waals surface area contributed by atoms with Crippen LogP contribution in [0.5, 0.6) is 0 Å². The molecule has 0 aliphatic rings. The summed E-state index contributed by atoms with van der Waals surface area (Å²) in [7, 11) is 1.39. The smallest absolute Gasteiger partial charge is 0.339 e. The Balaban J connectivity index is 2.11. The number of benzene rings is 1. The molecule has 106 valence electrons. The molecular weight excluding hydrogens is 252 g/mol. The summed E-state index contributed by atoms with van der Waals surface area (Å²) < 4.78 is 7.01. The van der Waals surface area contributed by atoms with Gasteiger partial charge < -0.3 is 14.6 Å². The average Bonchev–Trinajstić information content (AvgIpc) is 2.92. The predicted molar refractivity (Wildman–Crippen MR) is 79.8 cm³/mol. The van der Waals surface area contributed by atoms with Crippen LogP contribution < -0.4 is 5.32 Å². The monoisotopic (exact) mass is 272 g/mol. The van der Waals surface area contributed by atoms with Gasteiger partial charge >= 0.3 is 5.97 Å². The SMILES string of the molecule is CCCn1cccc1CNc1ccccc1C(=O)OC. The van der Waals surface area contributed by atoms with E-state index in [1.54, 1.807) is 6.07 Å². The van der Waals surface area contributed by atoms with E-state index >= 15 is 0 Å². The lowest BCUT2D eigenvalue weighted by molar-refractivity contribution is 0.0602. The third kappa shape index (κ3) is 3.20. The zero-order chi connectivity index (χ0) is 14.4. The highest BCUT2D eigenvalue weighted by Gasteiger charge is 2.10. The molecule has 0 fully saturated rings. The standard InChI is InChI=1S/C16H20N2O2/c1-3-10-18-11-6-7-13(18)12-17-15-9-5-4-8-14(15)16(19)20-2/h4-9,11,17H,3,10,12H2,1-2H3. The van der Waals surface area contributed by atoms with Crippen LogP contribution in [0.15, 0.2) is 42.6 Å². The van der Waals surface area contributed by atoms with Crippen LogP contribution in [0.2, 0.25) is 0 Å². The van der Waals surface area contributed by atoms with Crippen LogP contribution in [0.4, 0.5) is 5.69 Å². The second kappa shape index (κ2) is 6.80. The van der Waals surface area contributed by atoms with Crippen molar-refractivity contribution >= 4 is 11.7 Å². The molecule has 4 nitrogen and oxygen atoms in total. The summed E-state index contributed by atoms with van der Waals surface area (Å²) in [5.41, 5.74) is 2.55. The molecule has 2 aromatic rings. The molecule has 1 aromatic carbocycles. The Bertz CT molecular complexity index is 575. The van der Waals surface area contributed by atoms with Crippen LogP contribution >= 0.6 is 0 Å². The van der Waals surface area contributed by atoms with Gasteiger partial charge in [-0.15, -0.1) is 0 Å². The number of carbonyl (C=O) groups is 1. The fraction of sp³-hybridized carbons (Fsp3) is 0.312. The number of aryl methyl sites for hydroxylation is 1. The zero-order valence-corrected chi connectivity index (χ0v) is 11.9. The Hall–Kier alpha value is -2.23. The minimum Gasteiger partial charge on any atom is -0.465 e. The molecule has 0 aliphatic carbocycles. The minimum atomic E-state index is -0.322. The Morgan fingerprint density at radius 3 is 2.80 bits per heavy atom. The summed E-state index contributed by atoms with van der Waals surface area (Å²) in [6.45, 7) is 3.84. The largest absolute Gasteiger partial charge is 0.465 e.